The molecule has 0 atom stereocenters. The Hall–Kier alpha value is -2.11. The first-order chi connectivity index (χ1) is 14.5. The van der Waals surface area contributed by atoms with E-state index in [1.807, 2.05) is 0 Å². The summed E-state index contributed by atoms with van der Waals surface area (Å²) in [5.74, 6) is -0.978. The van der Waals surface area contributed by atoms with Crippen LogP contribution in [-0.2, 0) is 25.6 Å². The fraction of sp³-hybridized carbons (Fsp3) is 0.474. The number of rotatable bonds is 6. The van der Waals surface area contributed by atoms with E-state index in [1.54, 1.807) is 29.2 Å². The van der Waals surface area contributed by atoms with Gasteiger partial charge in [-0.2, -0.15) is 0 Å². The SMILES string of the molecule is O=C(Nc1cccc(Cl)c1)c1nnc(COCC(=O)N2CCC3(CC2)OCCO3)s1. The Kier molecular flexibility index (Phi) is 6.59. The molecule has 2 saturated heterocycles. The lowest BCUT2D eigenvalue weighted by Crippen LogP contribution is -2.48. The molecule has 160 valence electrons. The van der Waals surface area contributed by atoms with Gasteiger partial charge >= 0.3 is 0 Å². The van der Waals surface area contributed by atoms with E-state index in [0.717, 1.165) is 11.3 Å². The highest BCUT2D eigenvalue weighted by Gasteiger charge is 2.40. The Balaban J connectivity index is 1.21. The largest absolute Gasteiger partial charge is 0.364 e. The summed E-state index contributed by atoms with van der Waals surface area (Å²) >= 11 is 7.03. The van der Waals surface area contributed by atoms with Crippen LogP contribution in [0.2, 0.25) is 5.02 Å². The molecular weight excluding hydrogens is 432 g/mol. The molecule has 1 aromatic heterocycles. The Morgan fingerprint density at radius 2 is 2.00 bits per heavy atom. The van der Waals surface area contributed by atoms with Crippen LogP contribution in [0.25, 0.3) is 0 Å². The summed E-state index contributed by atoms with van der Waals surface area (Å²) in [6, 6.07) is 6.83. The molecule has 0 unspecified atom stereocenters. The van der Waals surface area contributed by atoms with Crippen molar-refractivity contribution in [1.29, 1.82) is 0 Å². The second-order valence-corrected chi connectivity index (χ2v) is 8.45. The third kappa shape index (κ3) is 5.13. The number of halogens is 1. The van der Waals surface area contributed by atoms with Crippen LogP contribution in [0.3, 0.4) is 0 Å². The van der Waals surface area contributed by atoms with E-state index in [9.17, 15) is 9.59 Å². The standard InChI is InChI=1S/C19H21ClN4O5S/c20-13-2-1-3-14(10-13)21-17(26)18-23-22-15(30-18)11-27-12-16(25)24-6-4-19(5-7-24)28-8-9-29-19/h1-3,10H,4-9,11-12H2,(H,21,26). The lowest BCUT2D eigenvalue weighted by Gasteiger charge is -2.37. The van der Waals surface area contributed by atoms with Crippen LogP contribution in [0, 0.1) is 0 Å². The van der Waals surface area contributed by atoms with Gasteiger partial charge in [0.15, 0.2) is 5.79 Å². The zero-order valence-electron chi connectivity index (χ0n) is 16.1. The van der Waals surface area contributed by atoms with Crippen molar-refractivity contribution >= 4 is 40.4 Å². The quantitative estimate of drug-likeness (QED) is 0.717. The maximum Gasteiger partial charge on any atom is 0.286 e. The van der Waals surface area contributed by atoms with Gasteiger partial charge in [-0.15, -0.1) is 10.2 Å². The minimum atomic E-state index is -0.508. The number of aromatic nitrogens is 2. The fourth-order valence-electron chi connectivity index (χ4n) is 3.35. The molecule has 0 aliphatic carbocycles. The van der Waals surface area contributed by atoms with Gasteiger partial charge in [-0.3, -0.25) is 9.59 Å². The van der Waals surface area contributed by atoms with Gasteiger partial charge in [0.05, 0.1) is 13.2 Å². The number of nitrogens with one attached hydrogen (secondary N) is 1. The Morgan fingerprint density at radius 1 is 1.23 bits per heavy atom. The van der Waals surface area contributed by atoms with Crippen LogP contribution in [0.15, 0.2) is 24.3 Å². The van der Waals surface area contributed by atoms with Crippen molar-refractivity contribution < 1.29 is 23.8 Å². The summed E-state index contributed by atoms with van der Waals surface area (Å²) < 4.78 is 16.8. The molecule has 1 N–H and O–H groups in total. The third-order valence-electron chi connectivity index (χ3n) is 4.89. The first kappa shape index (κ1) is 21.1. The number of carbonyl (C=O) groups excluding carboxylic acids is 2. The summed E-state index contributed by atoms with van der Waals surface area (Å²) in [5.41, 5.74) is 0.572. The zero-order valence-corrected chi connectivity index (χ0v) is 17.7. The van der Waals surface area contributed by atoms with Crippen molar-refractivity contribution in [3.8, 4) is 0 Å². The molecule has 0 saturated carbocycles. The molecule has 11 heteroatoms. The molecule has 2 amide bonds. The lowest BCUT2D eigenvalue weighted by molar-refractivity contribution is -0.188. The molecule has 0 radical (unpaired) electrons. The van der Waals surface area contributed by atoms with E-state index in [0.29, 0.717) is 54.9 Å². The van der Waals surface area contributed by atoms with Gasteiger partial charge in [0.2, 0.25) is 10.9 Å². The molecule has 3 heterocycles. The van der Waals surface area contributed by atoms with Gasteiger partial charge in [-0.05, 0) is 18.2 Å². The summed E-state index contributed by atoms with van der Waals surface area (Å²) in [5, 5.41) is 11.8. The zero-order chi connectivity index (χ0) is 21.0. The number of likely N-dealkylation sites (tertiary alicyclic amines) is 1. The van der Waals surface area contributed by atoms with Crippen LogP contribution in [0.1, 0.15) is 27.7 Å². The molecule has 2 aliphatic rings. The molecule has 0 bridgehead atoms. The Morgan fingerprint density at radius 3 is 2.73 bits per heavy atom. The van der Waals surface area contributed by atoms with Crippen molar-refractivity contribution in [3.05, 3.63) is 39.3 Å². The number of hydrogen-bond donors (Lipinski definition) is 1. The van der Waals surface area contributed by atoms with Crippen LogP contribution < -0.4 is 5.32 Å². The molecule has 9 nitrogen and oxygen atoms in total. The molecule has 2 aliphatic heterocycles. The Bertz CT molecular complexity index is 908. The van der Waals surface area contributed by atoms with E-state index in [1.165, 1.54) is 0 Å². The highest BCUT2D eigenvalue weighted by Crippen LogP contribution is 2.31. The van der Waals surface area contributed by atoms with Crippen molar-refractivity contribution in [3.63, 3.8) is 0 Å². The van der Waals surface area contributed by atoms with Crippen LogP contribution in [0.4, 0.5) is 5.69 Å². The number of hydrogen-bond acceptors (Lipinski definition) is 8. The molecular formula is C19H21ClN4O5S. The second kappa shape index (κ2) is 9.36. The number of amides is 2. The highest BCUT2D eigenvalue weighted by molar-refractivity contribution is 7.13. The van der Waals surface area contributed by atoms with E-state index >= 15 is 0 Å². The van der Waals surface area contributed by atoms with E-state index in [2.05, 4.69) is 15.5 Å². The molecule has 2 aromatic rings. The van der Waals surface area contributed by atoms with E-state index in [4.69, 9.17) is 25.8 Å². The topological polar surface area (TPSA) is 103 Å². The maximum atomic E-state index is 12.3. The van der Waals surface area contributed by atoms with Gasteiger partial charge in [0.25, 0.3) is 5.91 Å². The predicted molar refractivity (Wildman–Crippen MR) is 109 cm³/mol. The molecule has 4 rings (SSSR count). The number of nitrogens with zero attached hydrogens (tertiary/aromatic N) is 3. The average Bonchev–Trinajstić information content (AvgIpc) is 3.39. The first-order valence-corrected chi connectivity index (χ1v) is 10.8. The number of benzene rings is 1. The van der Waals surface area contributed by atoms with Gasteiger partial charge < -0.3 is 24.4 Å². The number of carbonyl (C=O) groups is 2. The summed E-state index contributed by atoms with van der Waals surface area (Å²) in [7, 11) is 0. The van der Waals surface area contributed by atoms with Gasteiger partial charge in [0, 0.05) is 36.6 Å². The summed E-state index contributed by atoms with van der Waals surface area (Å²) in [6.07, 6.45) is 1.33. The third-order valence-corrected chi connectivity index (χ3v) is 6.02. The summed E-state index contributed by atoms with van der Waals surface area (Å²) in [6.45, 7) is 2.43. The van der Waals surface area contributed by atoms with Gasteiger partial charge in [-0.1, -0.05) is 29.0 Å². The molecule has 1 spiro atoms. The van der Waals surface area contributed by atoms with Gasteiger partial charge in [-0.25, -0.2) is 0 Å². The van der Waals surface area contributed by atoms with Crippen molar-refractivity contribution in [2.45, 2.75) is 25.2 Å². The molecule has 1 aromatic carbocycles. The van der Waals surface area contributed by atoms with Crippen LogP contribution in [0.5, 0.6) is 0 Å². The van der Waals surface area contributed by atoms with Crippen molar-refractivity contribution in [1.82, 2.24) is 15.1 Å². The Labute approximate surface area is 182 Å². The van der Waals surface area contributed by atoms with E-state index in [-0.39, 0.29) is 30.0 Å². The number of piperidine rings is 1. The van der Waals surface area contributed by atoms with Crippen LogP contribution in [-0.4, -0.2) is 65.6 Å². The lowest BCUT2D eigenvalue weighted by atomic mass is 10.0. The smallest absolute Gasteiger partial charge is 0.286 e. The monoisotopic (exact) mass is 452 g/mol. The summed E-state index contributed by atoms with van der Waals surface area (Å²) in [4.78, 5) is 26.4. The minimum Gasteiger partial charge on any atom is -0.364 e. The minimum absolute atomic E-state index is 0.0572. The van der Waals surface area contributed by atoms with Gasteiger partial charge in [0.1, 0.15) is 18.2 Å². The second-order valence-electron chi connectivity index (χ2n) is 6.95. The maximum absolute atomic E-state index is 12.3. The molecule has 30 heavy (non-hydrogen) atoms. The van der Waals surface area contributed by atoms with Crippen LogP contribution >= 0.6 is 22.9 Å². The normalized spacial score (nSPS) is 18.0. The molecule has 2 fully saturated rings. The number of anilines is 1. The highest BCUT2D eigenvalue weighted by atomic mass is 35.5. The predicted octanol–water partition coefficient (Wildman–Crippen LogP) is 2.33. The average molecular weight is 453 g/mol. The van der Waals surface area contributed by atoms with Crippen molar-refractivity contribution in [2.75, 3.05) is 38.2 Å². The fourth-order valence-corrected chi connectivity index (χ4v) is 4.22. The van der Waals surface area contributed by atoms with E-state index < -0.39 is 5.79 Å². The van der Waals surface area contributed by atoms with Crippen molar-refractivity contribution in [2.24, 2.45) is 0 Å². The number of ether oxygens (including phenoxy) is 3. The first-order valence-electron chi connectivity index (χ1n) is 9.56.